The number of fused-ring (bicyclic) bond motifs is 1. The summed E-state index contributed by atoms with van der Waals surface area (Å²) in [5.74, 6) is -0.552. The zero-order valence-corrected chi connectivity index (χ0v) is 12.3. The molecule has 2 heterocycles. The molecule has 0 amide bonds. The van der Waals surface area contributed by atoms with Crippen LogP contribution in [0.1, 0.15) is 15.9 Å². The van der Waals surface area contributed by atoms with Gasteiger partial charge in [0.05, 0.1) is 17.6 Å². The van der Waals surface area contributed by atoms with Gasteiger partial charge in [-0.3, -0.25) is 10.1 Å². The third kappa shape index (κ3) is 2.76. The average Bonchev–Trinajstić information content (AvgIpc) is 2.93. The highest BCUT2D eigenvalue weighted by Gasteiger charge is 2.19. The highest BCUT2D eigenvalue weighted by Crippen LogP contribution is 2.25. The minimum Gasteiger partial charge on any atom is -0.465 e. The van der Waals surface area contributed by atoms with Gasteiger partial charge in [-0.1, -0.05) is 30.3 Å². The maximum absolute atomic E-state index is 11.9. The molecule has 0 aliphatic carbocycles. The molecule has 23 heavy (non-hydrogen) atoms. The number of nitrogens with zero attached hydrogens (tertiary/aromatic N) is 3. The van der Waals surface area contributed by atoms with Crippen LogP contribution in [0.25, 0.3) is 11.0 Å². The summed E-state index contributed by atoms with van der Waals surface area (Å²) in [6.07, 6.45) is 2.80. The molecule has 0 bridgehead atoms. The van der Waals surface area contributed by atoms with E-state index in [1.807, 2.05) is 30.3 Å². The molecule has 7 heteroatoms. The van der Waals surface area contributed by atoms with E-state index in [2.05, 4.69) is 4.98 Å². The smallest absolute Gasteiger partial charge is 0.340 e. The van der Waals surface area contributed by atoms with Crippen molar-refractivity contribution >= 4 is 22.7 Å². The molecule has 116 valence electrons. The second kappa shape index (κ2) is 5.88. The molecule has 0 aliphatic heterocycles. The van der Waals surface area contributed by atoms with E-state index in [0.717, 1.165) is 5.56 Å². The molecule has 0 unspecified atom stereocenters. The zero-order valence-electron chi connectivity index (χ0n) is 12.3. The Morgan fingerprint density at radius 3 is 2.74 bits per heavy atom. The van der Waals surface area contributed by atoms with Crippen molar-refractivity contribution in [1.82, 2.24) is 9.55 Å². The van der Waals surface area contributed by atoms with E-state index in [0.29, 0.717) is 17.6 Å². The summed E-state index contributed by atoms with van der Waals surface area (Å²) in [4.78, 5) is 26.5. The maximum Gasteiger partial charge on any atom is 0.340 e. The predicted octanol–water partition coefficient (Wildman–Crippen LogP) is 2.78. The molecule has 3 rings (SSSR count). The van der Waals surface area contributed by atoms with Crippen molar-refractivity contribution in [3.63, 3.8) is 0 Å². The summed E-state index contributed by atoms with van der Waals surface area (Å²) in [6.45, 7) is 0.499. The van der Waals surface area contributed by atoms with Gasteiger partial charge >= 0.3 is 5.97 Å². The largest absolute Gasteiger partial charge is 0.465 e. The summed E-state index contributed by atoms with van der Waals surface area (Å²) >= 11 is 0. The summed E-state index contributed by atoms with van der Waals surface area (Å²) in [5, 5.41) is 11.3. The molecule has 3 aromatic rings. The zero-order chi connectivity index (χ0) is 16.4. The van der Waals surface area contributed by atoms with Crippen LogP contribution in [-0.4, -0.2) is 27.6 Å². The molecule has 2 aromatic heterocycles. The fraction of sp³-hybridized carbons (Fsp3) is 0.125. The van der Waals surface area contributed by atoms with Gasteiger partial charge < -0.3 is 9.30 Å². The quantitative estimate of drug-likeness (QED) is 0.420. The summed E-state index contributed by atoms with van der Waals surface area (Å²) in [5.41, 5.74) is 1.62. The molecular formula is C16H13N3O4. The number of benzene rings is 1. The number of hydrogen-bond acceptors (Lipinski definition) is 5. The molecule has 0 spiro atoms. The second-order valence-corrected chi connectivity index (χ2v) is 4.97. The Labute approximate surface area is 131 Å². The van der Waals surface area contributed by atoms with Crippen LogP contribution in [0.2, 0.25) is 0 Å². The van der Waals surface area contributed by atoms with Gasteiger partial charge in [-0.05, 0) is 5.56 Å². The van der Waals surface area contributed by atoms with Crippen molar-refractivity contribution in [2.45, 2.75) is 6.54 Å². The van der Waals surface area contributed by atoms with Gasteiger partial charge in [0.15, 0.2) is 0 Å². The number of hydrogen-bond donors (Lipinski definition) is 0. The molecule has 0 saturated heterocycles. The Kier molecular flexibility index (Phi) is 3.76. The van der Waals surface area contributed by atoms with Crippen molar-refractivity contribution in [3.8, 4) is 0 Å². The number of rotatable bonds is 4. The number of aromatic nitrogens is 2. The number of carbonyl (C=O) groups is 1. The number of methoxy groups -OCH3 is 1. The van der Waals surface area contributed by atoms with Crippen LogP contribution >= 0.6 is 0 Å². The van der Waals surface area contributed by atoms with Crippen LogP contribution < -0.4 is 0 Å². The lowest BCUT2D eigenvalue weighted by atomic mass is 10.2. The van der Waals surface area contributed by atoms with Gasteiger partial charge in [0.1, 0.15) is 11.8 Å². The lowest BCUT2D eigenvalue weighted by molar-refractivity contribution is -0.385. The molecule has 7 nitrogen and oxygen atoms in total. The van der Waals surface area contributed by atoms with Crippen LogP contribution in [0, 0.1) is 10.1 Å². The first kappa shape index (κ1) is 14.7. The number of ether oxygens (including phenoxy) is 1. The van der Waals surface area contributed by atoms with Crippen LogP contribution in [0.3, 0.4) is 0 Å². The lowest BCUT2D eigenvalue weighted by Gasteiger charge is -2.04. The Bertz CT molecular complexity index is 887. The van der Waals surface area contributed by atoms with Gasteiger partial charge in [0, 0.05) is 24.2 Å². The van der Waals surface area contributed by atoms with Crippen molar-refractivity contribution < 1.29 is 14.5 Å². The molecule has 0 aliphatic rings. The second-order valence-electron chi connectivity index (χ2n) is 4.97. The molecular weight excluding hydrogens is 298 g/mol. The SMILES string of the molecule is COC(=O)c1cn(Cc2ccccc2)c2ncc([N+](=O)[O-])cc12. The Morgan fingerprint density at radius 2 is 2.09 bits per heavy atom. The predicted molar refractivity (Wildman–Crippen MR) is 83.3 cm³/mol. The van der Waals surface area contributed by atoms with E-state index in [4.69, 9.17) is 4.74 Å². The normalized spacial score (nSPS) is 10.7. The molecule has 0 saturated carbocycles. The monoisotopic (exact) mass is 311 g/mol. The molecule has 0 atom stereocenters. The van der Waals surface area contributed by atoms with Gasteiger partial charge in [-0.2, -0.15) is 0 Å². The third-order valence-corrected chi connectivity index (χ3v) is 3.51. The van der Waals surface area contributed by atoms with Gasteiger partial charge in [-0.15, -0.1) is 0 Å². The van der Waals surface area contributed by atoms with Gasteiger partial charge in [0.25, 0.3) is 5.69 Å². The highest BCUT2D eigenvalue weighted by atomic mass is 16.6. The van der Waals surface area contributed by atoms with E-state index in [-0.39, 0.29) is 11.3 Å². The highest BCUT2D eigenvalue weighted by molar-refractivity contribution is 6.03. The summed E-state index contributed by atoms with van der Waals surface area (Å²) in [6, 6.07) is 11.0. The standard InChI is InChI=1S/C16H13N3O4/c1-23-16(20)14-10-18(9-11-5-3-2-4-6-11)15-13(14)7-12(8-17-15)19(21)22/h2-8,10H,9H2,1H3. The number of nitro groups is 1. The summed E-state index contributed by atoms with van der Waals surface area (Å²) < 4.78 is 6.54. The Balaban J connectivity index is 2.15. The summed E-state index contributed by atoms with van der Waals surface area (Å²) in [7, 11) is 1.27. The van der Waals surface area contributed by atoms with Crippen LogP contribution in [-0.2, 0) is 11.3 Å². The fourth-order valence-corrected chi connectivity index (χ4v) is 2.43. The van der Waals surface area contributed by atoms with Gasteiger partial charge in [0.2, 0.25) is 0 Å². The van der Waals surface area contributed by atoms with Crippen LogP contribution in [0.4, 0.5) is 5.69 Å². The number of pyridine rings is 1. The molecule has 0 fully saturated rings. The van der Waals surface area contributed by atoms with Gasteiger partial charge in [-0.25, -0.2) is 9.78 Å². The fourth-order valence-electron chi connectivity index (χ4n) is 2.43. The Morgan fingerprint density at radius 1 is 1.35 bits per heavy atom. The van der Waals surface area contributed by atoms with Crippen molar-refractivity contribution in [2.24, 2.45) is 0 Å². The van der Waals surface area contributed by atoms with E-state index in [1.165, 1.54) is 19.4 Å². The minimum atomic E-state index is -0.552. The topological polar surface area (TPSA) is 87.3 Å². The first-order chi connectivity index (χ1) is 11.1. The van der Waals surface area contributed by atoms with Crippen molar-refractivity contribution in [1.29, 1.82) is 0 Å². The first-order valence-corrected chi connectivity index (χ1v) is 6.85. The molecule has 0 radical (unpaired) electrons. The van der Waals surface area contributed by atoms with E-state index < -0.39 is 10.9 Å². The van der Waals surface area contributed by atoms with E-state index in [1.54, 1.807) is 10.8 Å². The average molecular weight is 311 g/mol. The Hall–Kier alpha value is -3.22. The first-order valence-electron chi connectivity index (χ1n) is 6.85. The maximum atomic E-state index is 11.9. The minimum absolute atomic E-state index is 0.167. The molecule has 0 N–H and O–H groups in total. The molecule has 1 aromatic carbocycles. The van der Waals surface area contributed by atoms with Crippen molar-refractivity contribution in [2.75, 3.05) is 7.11 Å². The number of esters is 1. The van der Waals surface area contributed by atoms with Crippen LogP contribution in [0.5, 0.6) is 0 Å². The third-order valence-electron chi connectivity index (χ3n) is 3.51. The lowest BCUT2D eigenvalue weighted by Crippen LogP contribution is -2.01. The van der Waals surface area contributed by atoms with Crippen LogP contribution in [0.15, 0.2) is 48.8 Å². The number of carbonyl (C=O) groups excluding carboxylic acids is 1. The van der Waals surface area contributed by atoms with Crippen molar-refractivity contribution in [3.05, 3.63) is 70.0 Å². The van der Waals surface area contributed by atoms with E-state index in [9.17, 15) is 14.9 Å². The van der Waals surface area contributed by atoms with E-state index >= 15 is 0 Å².